The minimum absolute atomic E-state index is 0.0936. The van der Waals surface area contributed by atoms with Gasteiger partial charge >= 0.3 is 10.1 Å². The maximum atomic E-state index is 12.3. The average molecular weight is 352 g/mol. The standard InChI is InChI=1S/C15H16N2O6S/c1-8-2-4-9(5-3-8)24(20,21)23-17-15(19)13-11-7-6-10(22-11)12(13)14(16)18/h2-7,10-13H,1H3,(H2,16,18)(H,17,19). The second-order valence-corrected chi connectivity index (χ2v) is 7.27. The number of nitrogens with two attached hydrogens (primary N) is 1. The van der Waals surface area contributed by atoms with Crippen molar-refractivity contribution >= 4 is 21.9 Å². The highest BCUT2D eigenvalue weighted by molar-refractivity contribution is 7.86. The first-order valence-corrected chi connectivity index (χ1v) is 8.63. The Morgan fingerprint density at radius 1 is 1.12 bits per heavy atom. The van der Waals surface area contributed by atoms with Gasteiger partial charge in [0, 0.05) is 0 Å². The lowest BCUT2D eigenvalue weighted by Gasteiger charge is -2.21. The van der Waals surface area contributed by atoms with Gasteiger partial charge in [0.05, 0.1) is 28.9 Å². The van der Waals surface area contributed by atoms with E-state index in [2.05, 4.69) is 4.28 Å². The minimum atomic E-state index is -4.16. The van der Waals surface area contributed by atoms with Crippen molar-refractivity contribution in [3.63, 3.8) is 0 Å². The molecule has 1 fully saturated rings. The van der Waals surface area contributed by atoms with Crippen LogP contribution in [0, 0.1) is 18.8 Å². The summed E-state index contributed by atoms with van der Waals surface area (Å²) in [7, 11) is -4.16. The van der Waals surface area contributed by atoms with Gasteiger partial charge in [-0.25, -0.2) is 5.48 Å². The first-order valence-electron chi connectivity index (χ1n) is 7.23. The molecule has 3 rings (SSSR count). The highest BCUT2D eigenvalue weighted by Crippen LogP contribution is 2.39. The zero-order valence-electron chi connectivity index (χ0n) is 12.7. The third-order valence-corrected chi connectivity index (χ3v) is 5.24. The second-order valence-electron chi connectivity index (χ2n) is 5.72. The minimum Gasteiger partial charge on any atom is -0.369 e. The number of hydrogen-bond acceptors (Lipinski definition) is 6. The Morgan fingerprint density at radius 2 is 1.71 bits per heavy atom. The highest BCUT2D eigenvalue weighted by Gasteiger charge is 2.52. The predicted octanol–water partition coefficient (Wildman–Crippen LogP) is -0.214. The number of ether oxygens (including phenoxy) is 1. The van der Waals surface area contributed by atoms with E-state index in [0.717, 1.165) is 5.56 Å². The fraction of sp³-hybridized carbons (Fsp3) is 0.333. The van der Waals surface area contributed by atoms with E-state index in [1.165, 1.54) is 12.1 Å². The Kier molecular flexibility index (Phi) is 4.16. The summed E-state index contributed by atoms with van der Waals surface area (Å²) >= 11 is 0. The van der Waals surface area contributed by atoms with Crippen molar-refractivity contribution in [3.8, 4) is 0 Å². The summed E-state index contributed by atoms with van der Waals surface area (Å²) in [4.78, 5) is 23.7. The lowest BCUT2D eigenvalue weighted by atomic mass is 9.82. The smallest absolute Gasteiger partial charge is 0.317 e. The van der Waals surface area contributed by atoms with E-state index in [9.17, 15) is 18.0 Å². The fourth-order valence-corrected chi connectivity index (χ4v) is 3.63. The molecule has 0 aromatic heterocycles. The van der Waals surface area contributed by atoms with Crippen LogP contribution in [0.3, 0.4) is 0 Å². The lowest BCUT2D eigenvalue weighted by molar-refractivity contribution is -0.137. The maximum absolute atomic E-state index is 12.3. The number of primary amides is 1. The van der Waals surface area contributed by atoms with Crippen molar-refractivity contribution in [2.24, 2.45) is 17.6 Å². The Morgan fingerprint density at radius 3 is 2.29 bits per heavy atom. The molecule has 1 aromatic rings. The van der Waals surface area contributed by atoms with E-state index in [4.69, 9.17) is 10.5 Å². The topological polar surface area (TPSA) is 125 Å². The van der Waals surface area contributed by atoms with E-state index in [1.807, 2.05) is 12.4 Å². The number of carbonyl (C=O) groups is 2. The summed E-state index contributed by atoms with van der Waals surface area (Å²) in [6, 6.07) is 5.95. The third-order valence-electron chi connectivity index (χ3n) is 4.09. The normalized spacial score (nSPS) is 28.0. The van der Waals surface area contributed by atoms with Crippen LogP contribution in [0.15, 0.2) is 41.3 Å². The molecule has 2 bridgehead atoms. The van der Waals surface area contributed by atoms with Gasteiger partial charge in [0.15, 0.2) is 0 Å². The molecule has 2 aliphatic rings. The van der Waals surface area contributed by atoms with Crippen LogP contribution in [0.4, 0.5) is 0 Å². The molecule has 4 unspecified atom stereocenters. The molecule has 24 heavy (non-hydrogen) atoms. The van der Waals surface area contributed by atoms with Crippen molar-refractivity contribution in [1.29, 1.82) is 0 Å². The molecule has 9 heteroatoms. The summed E-state index contributed by atoms with van der Waals surface area (Å²) in [5.74, 6) is -3.24. The molecule has 2 heterocycles. The molecule has 2 amide bonds. The molecule has 1 saturated heterocycles. The molecule has 2 aliphatic heterocycles. The van der Waals surface area contributed by atoms with Gasteiger partial charge in [0.1, 0.15) is 0 Å². The first kappa shape index (κ1) is 16.6. The lowest BCUT2D eigenvalue weighted by Crippen LogP contribution is -2.45. The average Bonchev–Trinajstić information content (AvgIpc) is 3.14. The van der Waals surface area contributed by atoms with E-state index in [0.29, 0.717) is 0 Å². The summed E-state index contributed by atoms with van der Waals surface area (Å²) in [5.41, 5.74) is 8.09. The molecule has 0 spiro atoms. The largest absolute Gasteiger partial charge is 0.369 e. The zero-order valence-corrected chi connectivity index (χ0v) is 13.5. The summed E-state index contributed by atoms with van der Waals surface area (Å²) in [6.07, 6.45) is 2.10. The van der Waals surface area contributed by atoms with Gasteiger partial charge in [0.2, 0.25) is 5.91 Å². The second kappa shape index (κ2) is 6.00. The molecule has 4 atom stereocenters. The molecule has 8 nitrogen and oxygen atoms in total. The zero-order chi connectivity index (χ0) is 17.5. The number of aryl methyl sites for hydroxylation is 1. The van der Waals surface area contributed by atoms with Crippen LogP contribution in [-0.2, 0) is 28.7 Å². The fourth-order valence-electron chi connectivity index (χ4n) is 2.88. The van der Waals surface area contributed by atoms with Gasteiger partial charge in [-0.3, -0.25) is 9.59 Å². The number of hydroxylamine groups is 1. The Labute approximate surface area is 138 Å². The molecular weight excluding hydrogens is 336 g/mol. The quantitative estimate of drug-likeness (QED) is 0.558. The van der Waals surface area contributed by atoms with Crippen LogP contribution in [0.25, 0.3) is 0 Å². The molecule has 0 aliphatic carbocycles. The van der Waals surface area contributed by atoms with Crippen molar-refractivity contribution in [2.45, 2.75) is 24.0 Å². The van der Waals surface area contributed by atoms with Crippen LogP contribution in [0.5, 0.6) is 0 Å². The number of amides is 2. The number of carbonyl (C=O) groups excluding carboxylic acids is 2. The molecule has 0 radical (unpaired) electrons. The van der Waals surface area contributed by atoms with Gasteiger partial charge in [-0.2, -0.15) is 8.42 Å². The van der Waals surface area contributed by atoms with Crippen molar-refractivity contribution in [3.05, 3.63) is 42.0 Å². The number of hydrogen-bond donors (Lipinski definition) is 2. The van der Waals surface area contributed by atoms with Crippen LogP contribution in [0.2, 0.25) is 0 Å². The summed E-state index contributed by atoms with van der Waals surface area (Å²) in [6.45, 7) is 1.81. The Balaban J connectivity index is 1.70. The van der Waals surface area contributed by atoms with Gasteiger partial charge in [-0.05, 0) is 19.1 Å². The molecule has 1 aromatic carbocycles. The molecule has 3 N–H and O–H groups in total. The summed E-state index contributed by atoms with van der Waals surface area (Å²) < 4.78 is 34.2. The van der Waals surface area contributed by atoms with E-state index >= 15 is 0 Å². The number of rotatable bonds is 5. The SMILES string of the molecule is Cc1ccc(S(=O)(=O)ONC(=O)C2C3C=CC(O3)C2C(N)=O)cc1. The molecule has 128 valence electrons. The maximum Gasteiger partial charge on any atom is 0.317 e. The highest BCUT2D eigenvalue weighted by atomic mass is 32.2. The third kappa shape index (κ3) is 2.93. The summed E-state index contributed by atoms with van der Waals surface area (Å²) in [5, 5.41) is 0. The predicted molar refractivity (Wildman–Crippen MR) is 81.6 cm³/mol. The van der Waals surface area contributed by atoms with Gasteiger partial charge < -0.3 is 10.5 Å². The van der Waals surface area contributed by atoms with Crippen LogP contribution < -0.4 is 11.2 Å². The van der Waals surface area contributed by atoms with Crippen LogP contribution >= 0.6 is 0 Å². The van der Waals surface area contributed by atoms with Gasteiger partial charge in [-0.15, -0.1) is 4.28 Å². The van der Waals surface area contributed by atoms with Crippen molar-refractivity contribution in [1.82, 2.24) is 5.48 Å². The van der Waals surface area contributed by atoms with E-state index in [-0.39, 0.29) is 4.90 Å². The van der Waals surface area contributed by atoms with E-state index in [1.54, 1.807) is 24.3 Å². The molecular formula is C15H16N2O6S. The van der Waals surface area contributed by atoms with Crippen molar-refractivity contribution < 1.29 is 27.0 Å². The Hall–Kier alpha value is -2.23. The number of fused-ring (bicyclic) bond motifs is 2. The van der Waals surface area contributed by atoms with Crippen LogP contribution in [-0.4, -0.2) is 32.4 Å². The van der Waals surface area contributed by atoms with Gasteiger partial charge in [-0.1, -0.05) is 29.8 Å². The van der Waals surface area contributed by atoms with E-state index < -0.39 is 46.0 Å². The number of benzene rings is 1. The van der Waals surface area contributed by atoms with Crippen molar-refractivity contribution in [2.75, 3.05) is 0 Å². The Bertz CT molecular complexity index is 802. The molecule has 0 saturated carbocycles. The van der Waals surface area contributed by atoms with Gasteiger partial charge in [0.25, 0.3) is 5.91 Å². The first-order chi connectivity index (χ1) is 11.3. The van der Waals surface area contributed by atoms with Crippen LogP contribution in [0.1, 0.15) is 5.56 Å². The number of nitrogens with one attached hydrogen (secondary N) is 1. The monoisotopic (exact) mass is 352 g/mol.